The number of pyridine rings is 1. The molecule has 1 fully saturated rings. The molecule has 2 aromatic rings. The van der Waals surface area contributed by atoms with Crippen LogP contribution < -0.4 is 15.4 Å². The van der Waals surface area contributed by atoms with E-state index in [0.29, 0.717) is 23.5 Å². The molecule has 1 aromatic carbocycles. The van der Waals surface area contributed by atoms with E-state index >= 15 is 0 Å². The maximum Gasteiger partial charge on any atom is 0.176 e. The second kappa shape index (κ2) is 7.31. The Labute approximate surface area is 141 Å². The SMILES string of the molecule is COc1ccc(C(=O)CN2CCN(c3ccccn3)CC2)cc1N. The number of anilines is 2. The van der Waals surface area contributed by atoms with E-state index in [1.54, 1.807) is 31.5 Å². The highest BCUT2D eigenvalue weighted by Crippen LogP contribution is 2.22. The number of hydrogen-bond acceptors (Lipinski definition) is 6. The highest BCUT2D eigenvalue weighted by molar-refractivity contribution is 5.98. The number of Topliss-reactive ketones (excluding diaryl/α,β-unsaturated/α-hetero) is 1. The second-order valence-electron chi connectivity index (χ2n) is 5.83. The molecule has 0 unspecified atom stereocenters. The Morgan fingerprint density at radius 1 is 1.21 bits per heavy atom. The van der Waals surface area contributed by atoms with Crippen LogP contribution in [0, 0.1) is 0 Å². The van der Waals surface area contributed by atoms with Gasteiger partial charge in [0.1, 0.15) is 11.6 Å². The Balaban J connectivity index is 1.56. The van der Waals surface area contributed by atoms with Gasteiger partial charge in [0.05, 0.1) is 19.3 Å². The summed E-state index contributed by atoms with van der Waals surface area (Å²) in [5, 5.41) is 0. The molecule has 1 saturated heterocycles. The number of carbonyl (C=O) groups excluding carboxylic acids is 1. The molecule has 1 aromatic heterocycles. The summed E-state index contributed by atoms with van der Waals surface area (Å²) in [6.07, 6.45) is 1.80. The summed E-state index contributed by atoms with van der Waals surface area (Å²) in [4.78, 5) is 21.2. The minimum atomic E-state index is 0.0793. The van der Waals surface area contributed by atoms with Gasteiger partial charge in [-0.15, -0.1) is 0 Å². The van der Waals surface area contributed by atoms with Crippen molar-refractivity contribution < 1.29 is 9.53 Å². The summed E-state index contributed by atoms with van der Waals surface area (Å²) < 4.78 is 5.13. The van der Waals surface area contributed by atoms with Crippen LogP contribution in [0.25, 0.3) is 0 Å². The fraction of sp³-hybridized carbons (Fsp3) is 0.333. The lowest BCUT2D eigenvalue weighted by Gasteiger charge is -2.35. The van der Waals surface area contributed by atoms with Crippen LogP contribution in [0.5, 0.6) is 5.75 Å². The van der Waals surface area contributed by atoms with Crippen LogP contribution in [0.4, 0.5) is 11.5 Å². The fourth-order valence-corrected chi connectivity index (χ4v) is 2.88. The number of carbonyl (C=O) groups is 1. The van der Waals surface area contributed by atoms with Gasteiger partial charge < -0.3 is 15.4 Å². The first kappa shape index (κ1) is 16.3. The number of aromatic nitrogens is 1. The van der Waals surface area contributed by atoms with Gasteiger partial charge in [-0.3, -0.25) is 9.69 Å². The van der Waals surface area contributed by atoms with Crippen molar-refractivity contribution in [2.24, 2.45) is 0 Å². The van der Waals surface area contributed by atoms with Gasteiger partial charge in [0.25, 0.3) is 0 Å². The van der Waals surface area contributed by atoms with E-state index in [0.717, 1.165) is 32.0 Å². The molecule has 3 rings (SSSR count). The van der Waals surface area contributed by atoms with Gasteiger partial charge in [-0.2, -0.15) is 0 Å². The lowest BCUT2D eigenvalue weighted by atomic mass is 10.1. The quantitative estimate of drug-likeness (QED) is 0.666. The number of ketones is 1. The van der Waals surface area contributed by atoms with Crippen molar-refractivity contribution >= 4 is 17.3 Å². The highest BCUT2D eigenvalue weighted by atomic mass is 16.5. The minimum Gasteiger partial charge on any atom is -0.495 e. The predicted molar refractivity (Wildman–Crippen MR) is 94.6 cm³/mol. The number of ether oxygens (including phenoxy) is 1. The molecule has 0 saturated carbocycles. The van der Waals surface area contributed by atoms with E-state index < -0.39 is 0 Å². The molecular formula is C18H22N4O2. The summed E-state index contributed by atoms with van der Waals surface area (Å²) in [7, 11) is 1.56. The summed E-state index contributed by atoms with van der Waals surface area (Å²) in [5.41, 5.74) is 7.00. The number of rotatable bonds is 5. The average Bonchev–Trinajstić information content (AvgIpc) is 2.63. The Bertz CT molecular complexity index is 697. The van der Waals surface area contributed by atoms with Crippen LogP contribution in [-0.2, 0) is 0 Å². The van der Waals surface area contributed by atoms with Gasteiger partial charge in [0.15, 0.2) is 5.78 Å². The van der Waals surface area contributed by atoms with E-state index in [4.69, 9.17) is 10.5 Å². The zero-order chi connectivity index (χ0) is 16.9. The van der Waals surface area contributed by atoms with Crippen LogP contribution in [0.15, 0.2) is 42.6 Å². The zero-order valence-electron chi connectivity index (χ0n) is 13.8. The molecule has 1 aliphatic heterocycles. The van der Waals surface area contributed by atoms with Crippen LogP contribution in [0.1, 0.15) is 10.4 Å². The fourth-order valence-electron chi connectivity index (χ4n) is 2.88. The molecule has 0 amide bonds. The van der Waals surface area contributed by atoms with E-state index in [9.17, 15) is 4.79 Å². The number of nitrogens with two attached hydrogens (primary N) is 1. The molecule has 0 atom stereocenters. The third-order valence-corrected chi connectivity index (χ3v) is 4.26. The average molecular weight is 326 g/mol. The molecule has 0 radical (unpaired) electrons. The van der Waals surface area contributed by atoms with Crippen LogP contribution in [0.3, 0.4) is 0 Å². The maximum atomic E-state index is 12.5. The third kappa shape index (κ3) is 3.65. The van der Waals surface area contributed by atoms with Crippen LogP contribution in [0.2, 0.25) is 0 Å². The van der Waals surface area contributed by atoms with Crippen molar-refractivity contribution in [3.05, 3.63) is 48.2 Å². The normalized spacial score (nSPS) is 15.3. The number of nitrogen functional groups attached to an aromatic ring is 1. The van der Waals surface area contributed by atoms with Crippen LogP contribution >= 0.6 is 0 Å². The smallest absolute Gasteiger partial charge is 0.176 e. The van der Waals surface area contributed by atoms with Gasteiger partial charge in [-0.25, -0.2) is 4.98 Å². The van der Waals surface area contributed by atoms with Crippen LogP contribution in [-0.4, -0.2) is 55.5 Å². The number of benzene rings is 1. The monoisotopic (exact) mass is 326 g/mol. The van der Waals surface area contributed by atoms with Gasteiger partial charge in [-0.05, 0) is 30.3 Å². The molecule has 6 heteroatoms. The first-order valence-corrected chi connectivity index (χ1v) is 8.02. The maximum absolute atomic E-state index is 12.5. The summed E-state index contributed by atoms with van der Waals surface area (Å²) >= 11 is 0. The largest absolute Gasteiger partial charge is 0.495 e. The first-order chi connectivity index (χ1) is 11.7. The molecule has 24 heavy (non-hydrogen) atoms. The van der Waals surface area contributed by atoms with Crippen molar-refractivity contribution in [1.29, 1.82) is 0 Å². The number of nitrogens with zero attached hydrogens (tertiary/aromatic N) is 3. The second-order valence-corrected chi connectivity index (χ2v) is 5.83. The summed E-state index contributed by atoms with van der Waals surface area (Å²) in [6, 6.07) is 11.1. The topological polar surface area (TPSA) is 71.7 Å². The van der Waals surface area contributed by atoms with Crippen molar-refractivity contribution in [2.45, 2.75) is 0 Å². The van der Waals surface area contributed by atoms with E-state index in [-0.39, 0.29) is 5.78 Å². The van der Waals surface area contributed by atoms with Gasteiger partial charge in [-0.1, -0.05) is 6.07 Å². The standard InChI is InChI=1S/C18H22N4O2/c1-24-17-6-5-14(12-15(17)19)16(23)13-21-8-10-22(11-9-21)18-4-2-3-7-20-18/h2-7,12H,8-11,13,19H2,1H3. The van der Waals surface area contributed by atoms with Gasteiger partial charge >= 0.3 is 0 Å². The molecule has 6 nitrogen and oxygen atoms in total. The molecule has 0 bridgehead atoms. The Kier molecular flexibility index (Phi) is 4.96. The van der Waals surface area contributed by atoms with E-state index in [2.05, 4.69) is 14.8 Å². The number of piperazine rings is 1. The van der Waals surface area contributed by atoms with Gasteiger partial charge in [0, 0.05) is 37.9 Å². The minimum absolute atomic E-state index is 0.0793. The lowest BCUT2D eigenvalue weighted by Crippen LogP contribution is -2.48. The van der Waals surface area contributed by atoms with E-state index in [1.807, 2.05) is 18.2 Å². The Morgan fingerprint density at radius 2 is 2.00 bits per heavy atom. The number of hydrogen-bond donors (Lipinski definition) is 1. The van der Waals surface area contributed by atoms with E-state index in [1.165, 1.54) is 0 Å². The summed E-state index contributed by atoms with van der Waals surface area (Å²) in [5.74, 6) is 1.66. The van der Waals surface area contributed by atoms with Crippen molar-refractivity contribution in [3.8, 4) is 5.75 Å². The third-order valence-electron chi connectivity index (χ3n) is 4.26. The summed E-state index contributed by atoms with van der Waals surface area (Å²) in [6.45, 7) is 3.83. The first-order valence-electron chi connectivity index (χ1n) is 8.02. The number of methoxy groups -OCH3 is 1. The molecule has 126 valence electrons. The Morgan fingerprint density at radius 3 is 2.62 bits per heavy atom. The Hall–Kier alpha value is -2.60. The molecular weight excluding hydrogens is 304 g/mol. The molecule has 2 heterocycles. The van der Waals surface area contributed by atoms with Crippen molar-refractivity contribution in [2.75, 3.05) is 50.5 Å². The highest BCUT2D eigenvalue weighted by Gasteiger charge is 2.20. The molecule has 0 aliphatic carbocycles. The predicted octanol–water partition coefficient (Wildman–Crippen LogP) is 1.68. The lowest BCUT2D eigenvalue weighted by molar-refractivity contribution is 0.0926. The van der Waals surface area contributed by atoms with Crippen molar-refractivity contribution in [3.63, 3.8) is 0 Å². The zero-order valence-corrected chi connectivity index (χ0v) is 13.8. The van der Waals surface area contributed by atoms with Crippen molar-refractivity contribution in [1.82, 2.24) is 9.88 Å². The molecule has 0 spiro atoms. The van der Waals surface area contributed by atoms with Gasteiger partial charge in [0.2, 0.25) is 0 Å². The molecule has 2 N–H and O–H groups in total. The molecule has 1 aliphatic rings.